The molecule has 135 valence electrons. The van der Waals surface area contributed by atoms with Gasteiger partial charge in [0.2, 0.25) is 10.0 Å². The maximum Gasteiger partial charge on any atom is 0.323 e. The number of phenols is 1. The van der Waals surface area contributed by atoms with Crippen LogP contribution in [0.15, 0.2) is 45.8 Å². The molecule has 2 amide bonds. The van der Waals surface area contributed by atoms with Gasteiger partial charge in [0.15, 0.2) is 5.75 Å². The van der Waals surface area contributed by atoms with Gasteiger partial charge in [-0.15, -0.1) is 0 Å². The van der Waals surface area contributed by atoms with Crippen LogP contribution in [0.4, 0.5) is 16.2 Å². The van der Waals surface area contributed by atoms with Crippen molar-refractivity contribution in [1.82, 2.24) is 4.31 Å². The van der Waals surface area contributed by atoms with Gasteiger partial charge in [-0.25, -0.2) is 17.5 Å². The van der Waals surface area contributed by atoms with Gasteiger partial charge in [-0.3, -0.25) is 0 Å². The van der Waals surface area contributed by atoms with E-state index in [0.717, 1.165) is 4.31 Å². The summed E-state index contributed by atoms with van der Waals surface area (Å²) in [6.07, 6.45) is 0. The number of carbonyl (C=O) groups is 1. The topological polar surface area (TPSA) is 98.7 Å². The van der Waals surface area contributed by atoms with E-state index in [4.69, 9.17) is 11.6 Å². The van der Waals surface area contributed by atoms with Gasteiger partial charge in [0.1, 0.15) is 4.90 Å². The second-order valence-electron chi connectivity index (χ2n) is 5.12. The molecule has 0 unspecified atom stereocenters. The van der Waals surface area contributed by atoms with Gasteiger partial charge in [0, 0.05) is 48.1 Å². The number of phenolic OH excluding ortho intramolecular Hbond substituents is 1. The number of para-hydroxylation sites is 1. The largest absolute Gasteiger partial charge is 0.504 e. The van der Waals surface area contributed by atoms with Gasteiger partial charge < -0.3 is 15.7 Å². The Labute approximate surface area is 187 Å². The van der Waals surface area contributed by atoms with Gasteiger partial charge in [-0.1, -0.05) is 23.7 Å². The molecule has 26 heavy (non-hydrogen) atoms. The number of benzene rings is 2. The van der Waals surface area contributed by atoms with Crippen molar-refractivity contribution in [1.29, 1.82) is 0 Å². The third-order valence-electron chi connectivity index (χ3n) is 3.19. The van der Waals surface area contributed by atoms with Crippen LogP contribution < -0.4 is 10.6 Å². The van der Waals surface area contributed by atoms with Crippen molar-refractivity contribution < 1.29 is 18.3 Å². The Bertz CT molecular complexity index is 925. The number of halogens is 2. The Morgan fingerprint density at radius 3 is 2.27 bits per heavy atom. The zero-order valence-corrected chi connectivity index (χ0v) is 19.4. The summed E-state index contributed by atoms with van der Waals surface area (Å²) < 4.78 is 26.2. The van der Waals surface area contributed by atoms with Crippen molar-refractivity contribution >= 4 is 84.5 Å². The average Bonchev–Trinajstić information content (AvgIpc) is 2.52. The molecular weight excluding hydrogens is 457 g/mol. The number of hydrogen-bond acceptors (Lipinski definition) is 4. The molecule has 1 radical (unpaired) electrons. The van der Waals surface area contributed by atoms with Crippen LogP contribution in [-0.2, 0) is 10.0 Å². The van der Waals surface area contributed by atoms with Crippen LogP contribution in [-0.4, -0.2) is 67.5 Å². The molecular formula is C15H15BrClN3NaO4S. The summed E-state index contributed by atoms with van der Waals surface area (Å²) in [6.45, 7) is 0. The third-order valence-corrected chi connectivity index (χ3v) is 6.20. The minimum Gasteiger partial charge on any atom is -0.504 e. The summed E-state index contributed by atoms with van der Waals surface area (Å²) in [5.41, 5.74) is 0.420. The van der Waals surface area contributed by atoms with Gasteiger partial charge in [-0.2, -0.15) is 0 Å². The van der Waals surface area contributed by atoms with E-state index in [-0.39, 0.29) is 40.3 Å². The number of urea groups is 1. The summed E-state index contributed by atoms with van der Waals surface area (Å²) >= 11 is 9.21. The predicted octanol–water partition coefficient (Wildman–Crippen LogP) is 3.32. The first-order valence-electron chi connectivity index (χ1n) is 6.91. The summed E-state index contributed by atoms with van der Waals surface area (Å²) in [6, 6.07) is 8.89. The second kappa shape index (κ2) is 9.41. The minimum absolute atomic E-state index is 0. The molecule has 0 atom stereocenters. The zero-order valence-electron chi connectivity index (χ0n) is 14.2. The first-order chi connectivity index (χ1) is 11.6. The van der Waals surface area contributed by atoms with E-state index in [2.05, 4.69) is 26.6 Å². The summed E-state index contributed by atoms with van der Waals surface area (Å²) in [7, 11) is -1.37. The standard InChI is InChI=1S/C15H15BrClN3O4S.Na/c1-20(2)25(23,24)14-10(17)7-8-12(13(14)21)19-15(22)18-11-6-4-3-5-9(11)16;/h3-8,21H,1-2H3,(H2,18,19,22);. The Hall–Kier alpha value is -0.810. The van der Waals surface area contributed by atoms with E-state index in [0.29, 0.717) is 10.2 Å². The van der Waals surface area contributed by atoms with Crippen molar-refractivity contribution in [3.05, 3.63) is 45.9 Å². The SMILES string of the molecule is CN(C)S(=O)(=O)c1c(Cl)ccc(NC(=O)Nc2ccccc2Br)c1O.[Na]. The fraction of sp³-hybridized carbons (Fsp3) is 0.133. The second-order valence-corrected chi connectivity index (χ2v) is 8.47. The van der Waals surface area contributed by atoms with E-state index >= 15 is 0 Å². The quantitative estimate of drug-likeness (QED) is 0.470. The van der Waals surface area contributed by atoms with Crippen LogP contribution >= 0.6 is 27.5 Å². The molecule has 0 fully saturated rings. The molecule has 0 heterocycles. The number of rotatable bonds is 4. The molecule has 0 saturated carbocycles. The molecule has 11 heteroatoms. The molecule has 0 aliphatic rings. The van der Waals surface area contributed by atoms with Crippen molar-refractivity contribution in [2.45, 2.75) is 4.90 Å². The third kappa shape index (κ3) is 5.13. The number of aromatic hydroxyl groups is 1. The van der Waals surface area contributed by atoms with Gasteiger partial charge >= 0.3 is 6.03 Å². The number of hydrogen-bond donors (Lipinski definition) is 3. The summed E-state index contributed by atoms with van der Waals surface area (Å²) in [4.78, 5) is 11.6. The van der Waals surface area contributed by atoms with Crippen LogP contribution in [0.25, 0.3) is 0 Å². The van der Waals surface area contributed by atoms with Crippen LogP contribution in [0.2, 0.25) is 5.02 Å². The molecule has 0 bridgehead atoms. The molecule has 2 rings (SSSR count). The zero-order chi connectivity index (χ0) is 18.8. The molecule has 0 aliphatic carbocycles. The van der Waals surface area contributed by atoms with Crippen LogP contribution in [0.3, 0.4) is 0 Å². The molecule has 0 saturated heterocycles. The molecule has 0 spiro atoms. The van der Waals surface area contributed by atoms with Crippen LogP contribution in [0.5, 0.6) is 5.75 Å². The molecule has 0 aliphatic heterocycles. The van der Waals surface area contributed by atoms with E-state index in [9.17, 15) is 18.3 Å². The number of nitrogens with one attached hydrogen (secondary N) is 2. The fourth-order valence-electron chi connectivity index (χ4n) is 1.91. The van der Waals surface area contributed by atoms with Crippen molar-refractivity contribution in [2.24, 2.45) is 0 Å². The Balaban J connectivity index is 0.00000338. The molecule has 0 aromatic heterocycles. The predicted molar refractivity (Wildman–Crippen MR) is 107 cm³/mol. The molecule has 3 N–H and O–H groups in total. The first-order valence-corrected chi connectivity index (χ1v) is 9.52. The Morgan fingerprint density at radius 2 is 1.69 bits per heavy atom. The van der Waals surface area contributed by atoms with E-state index in [1.165, 1.54) is 26.2 Å². The minimum atomic E-state index is -3.99. The normalized spacial score (nSPS) is 11.0. The number of sulfonamides is 1. The first kappa shape index (κ1) is 23.2. The van der Waals surface area contributed by atoms with Crippen molar-refractivity contribution in [3.63, 3.8) is 0 Å². The van der Waals surface area contributed by atoms with Crippen LogP contribution in [0, 0.1) is 0 Å². The number of anilines is 2. The van der Waals surface area contributed by atoms with Crippen molar-refractivity contribution in [2.75, 3.05) is 24.7 Å². The van der Waals surface area contributed by atoms with Gasteiger partial charge in [-0.05, 0) is 40.2 Å². The number of carbonyl (C=O) groups excluding carboxylic acids is 1. The van der Waals surface area contributed by atoms with Gasteiger partial charge in [0.05, 0.1) is 16.4 Å². The summed E-state index contributed by atoms with van der Waals surface area (Å²) in [5, 5.41) is 15.1. The van der Waals surface area contributed by atoms with Crippen molar-refractivity contribution in [3.8, 4) is 5.75 Å². The molecule has 7 nitrogen and oxygen atoms in total. The van der Waals surface area contributed by atoms with E-state index < -0.39 is 26.7 Å². The average molecular weight is 472 g/mol. The van der Waals surface area contributed by atoms with Crippen LogP contribution in [0.1, 0.15) is 0 Å². The Kier molecular flexibility index (Phi) is 8.40. The smallest absolute Gasteiger partial charge is 0.323 e. The molecule has 2 aromatic rings. The number of amides is 2. The molecule has 2 aromatic carbocycles. The van der Waals surface area contributed by atoms with E-state index in [1.54, 1.807) is 24.3 Å². The Morgan fingerprint density at radius 1 is 1.12 bits per heavy atom. The van der Waals surface area contributed by atoms with E-state index in [1.807, 2.05) is 0 Å². The van der Waals surface area contributed by atoms with Gasteiger partial charge in [0.25, 0.3) is 0 Å². The monoisotopic (exact) mass is 470 g/mol. The number of nitrogens with zero attached hydrogens (tertiary/aromatic N) is 1. The maximum absolute atomic E-state index is 12.3. The summed E-state index contributed by atoms with van der Waals surface area (Å²) in [5.74, 6) is -0.636. The maximum atomic E-state index is 12.3. The fourth-order valence-corrected chi connectivity index (χ4v) is 3.78.